The Morgan fingerprint density at radius 3 is 2.30 bits per heavy atom. The molecule has 268 valence electrons. The summed E-state index contributed by atoms with van der Waals surface area (Å²) in [5, 5.41) is 0. The Morgan fingerprint density at radius 2 is 1.55 bits per heavy atom. The maximum absolute atomic E-state index is 12.8. The second kappa shape index (κ2) is 19.2. The maximum Gasteiger partial charge on any atom is 0.306 e. The topological polar surface area (TPSA) is 26.3 Å². The van der Waals surface area contributed by atoms with Gasteiger partial charge in [0.25, 0.3) is 0 Å². The van der Waals surface area contributed by atoms with E-state index in [9.17, 15) is 4.79 Å². The Balaban J connectivity index is 1.13. The standard InChI is InChI=1S/C45H76O2/c1-7-8-9-10-11-12-13-14-15-16-17-18-19-20-21-25-43(46)47-38-30-32-44(5)37(34-38)26-27-39-41-29-28-40(36(4)24-22-23-35(2)3)45(41,6)33-31-42(39)44/h11-12,14-15,26,35-36,38-42H,7-10,13,16-25,27-34H2,1-6H3/b12-11-,15-14-/t36-,38?,39+,40-,41+,42+,44+,45-/m1/s1. The number of carbonyl (C=O) groups is 1. The van der Waals surface area contributed by atoms with Gasteiger partial charge < -0.3 is 4.74 Å². The number of carbonyl (C=O) groups excluding carboxylic acids is 1. The summed E-state index contributed by atoms with van der Waals surface area (Å²) in [6, 6.07) is 0. The lowest BCUT2D eigenvalue weighted by Crippen LogP contribution is -2.51. The van der Waals surface area contributed by atoms with Crippen molar-refractivity contribution in [3.63, 3.8) is 0 Å². The molecule has 0 saturated heterocycles. The minimum absolute atomic E-state index is 0.0477. The molecule has 0 aromatic carbocycles. The fraction of sp³-hybridized carbons (Fsp3) is 0.844. The zero-order valence-corrected chi connectivity index (χ0v) is 32.0. The van der Waals surface area contributed by atoms with Gasteiger partial charge in [-0.15, -0.1) is 0 Å². The van der Waals surface area contributed by atoms with Crippen LogP contribution in [0.3, 0.4) is 0 Å². The average molecular weight is 649 g/mol. The van der Waals surface area contributed by atoms with Crippen molar-refractivity contribution >= 4 is 5.97 Å². The van der Waals surface area contributed by atoms with Crippen molar-refractivity contribution < 1.29 is 9.53 Å². The monoisotopic (exact) mass is 649 g/mol. The average Bonchev–Trinajstić information content (AvgIpc) is 3.40. The molecule has 0 bridgehead atoms. The van der Waals surface area contributed by atoms with Gasteiger partial charge >= 0.3 is 5.97 Å². The van der Waals surface area contributed by atoms with Crippen LogP contribution in [0.2, 0.25) is 0 Å². The van der Waals surface area contributed by atoms with Gasteiger partial charge in [-0.05, 0) is 130 Å². The van der Waals surface area contributed by atoms with Gasteiger partial charge in [-0.2, -0.15) is 0 Å². The highest BCUT2D eigenvalue weighted by Gasteiger charge is 2.59. The lowest BCUT2D eigenvalue weighted by Gasteiger charge is -2.58. The summed E-state index contributed by atoms with van der Waals surface area (Å²) in [6.45, 7) is 14.9. The number of ether oxygens (including phenoxy) is 1. The first-order valence-electron chi connectivity index (χ1n) is 20.9. The number of hydrogen-bond donors (Lipinski definition) is 0. The molecule has 0 aromatic rings. The molecule has 8 atom stereocenters. The molecule has 47 heavy (non-hydrogen) atoms. The second-order valence-electron chi connectivity index (χ2n) is 17.6. The molecule has 4 aliphatic rings. The Bertz CT molecular complexity index is 1020. The van der Waals surface area contributed by atoms with Crippen LogP contribution in [-0.4, -0.2) is 12.1 Å². The normalized spacial score (nSPS) is 32.7. The van der Waals surface area contributed by atoms with Crippen molar-refractivity contribution in [3.8, 4) is 0 Å². The third-order valence-corrected chi connectivity index (χ3v) is 13.9. The highest BCUT2D eigenvalue weighted by atomic mass is 16.5. The summed E-state index contributed by atoms with van der Waals surface area (Å²) in [5.41, 5.74) is 2.52. The molecule has 2 nitrogen and oxygen atoms in total. The summed E-state index contributed by atoms with van der Waals surface area (Å²) < 4.78 is 6.12. The van der Waals surface area contributed by atoms with Gasteiger partial charge in [-0.1, -0.05) is 129 Å². The fourth-order valence-electron chi connectivity index (χ4n) is 11.1. The quantitative estimate of drug-likeness (QED) is 0.0746. The van der Waals surface area contributed by atoms with Crippen LogP contribution in [0.4, 0.5) is 0 Å². The molecule has 3 fully saturated rings. The van der Waals surface area contributed by atoms with Gasteiger partial charge in [0.1, 0.15) is 6.10 Å². The van der Waals surface area contributed by atoms with Crippen molar-refractivity contribution in [3.05, 3.63) is 36.0 Å². The Labute approximate surface area is 292 Å². The first kappa shape index (κ1) is 38.5. The Morgan fingerprint density at radius 1 is 0.830 bits per heavy atom. The summed E-state index contributed by atoms with van der Waals surface area (Å²) in [5.74, 6) is 5.30. The zero-order chi connectivity index (χ0) is 33.7. The van der Waals surface area contributed by atoms with E-state index in [1.54, 1.807) is 5.57 Å². The summed E-state index contributed by atoms with van der Waals surface area (Å²) in [4.78, 5) is 12.8. The van der Waals surface area contributed by atoms with E-state index < -0.39 is 0 Å². The SMILES string of the molecule is CCCCC/C=C\C/C=C\CCCCCCCC(=O)OC1CC[C@@]2(C)C(=CC[C@H]3[C@@H]4CC[C@H]([C@H](C)CCCC(C)C)[C@@]4(C)CC[C@@H]32)C1. The van der Waals surface area contributed by atoms with Crippen LogP contribution in [0, 0.1) is 46.3 Å². The minimum atomic E-state index is 0.0477. The number of allylic oxidation sites excluding steroid dienone is 5. The van der Waals surface area contributed by atoms with E-state index in [2.05, 4.69) is 71.9 Å². The number of fused-ring (bicyclic) bond motifs is 5. The van der Waals surface area contributed by atoms with Crippen molar-refractivity contribution in [2.45, 2.75) is 195 Å². The fourth-order valence-corrected chi connectivity index (χ4v) is 11.1. The first-order chi connectivity index (χ1) is 22.7. The molecule has 4 aliphatic carbocycles. The van der Waals surface area contributed by atoms with E-state index in [0.717, 1.165) is 67.6 Å². The molecule has 0 heterocycles. The zero-order valence-electron chi connectivity index (χ0n) is 32.0. The van der Waals surface area contributed by atoms with Gasteiger partial charge in [0.2, 0.25) is 0 Å². The molecular weight excluding hydrogens is 572 g/mol. The lowest BCUT2D eigenvalue weighted by molar-refractivity contribution is -0.151. The molecular formula is C45H76O2. The number of esters is 1. The third kappa shape index (κ3) is 10.6. The molecule has 4 rings (SSSR count). The molecule has 2 heteroatoms. The largest absolute Gasteiger partial charge is 0.462 e. The van der Waals surface area contributed by atoms with Crippen LogP contribution in [0.25, 0.3) is 0 Å². The summed E-state index contributed by atoms with van der Waals surface area (Å²) in [7, 11) is 0. The second-order valence-corrected chi connectivity index (χ2v) is 17.6. The predicted molar refractivity (Wildman–Crippen MR) is 202 cm³/mol. The number of hydrogen-bond acceptors (Lipinski definition) is 2. The van der Waals surface area contributed by atoms with Crippen molar-refractivity contribution in [1.29, 1.82) is 0 Å². The van der Waals surface area contributed by atoms with E-state index in [0.29, 0.717) is 17.3 Å². The van der Waals surface area contributed by atoms with Gasteiger partial charge in [-0.25, -0.2) is 0 Å². The van der Waals surface area contributed by atoms with Crippen LogP contribution in [0.1, 0.15) is 189 Å². The van der Waals surface area contributed by atoms with Crippen LogP contribution in [0.5, 0.6) is 0 Å². The van der Waals surface area contributed by atoms with Gasteiger partial charge in [0, 0.05) is 12.8 Å². The van der Waals surface area contributed by atoms with Crippen LogP contribution < -0.4 is 0 Å². The predicted octanol–water partition coefficient (Wildman–Crippen LogP) is 13.8. The number of unbranched alkanes of at least 4 members (excludes halogenated alkanes) is 8. The molecule has 0 aromatic heterocycles. The van der Waals surface area contributed by atoms with Gasteiger partial charge in [0.15, 0.2) is 0 Å². The van der Waals surface area contributed by atoms with Crippen LogP contribution in [0.15, 0.2) is 36.0 Å². The first-order valence-corrected chi connectivity index (χ1v) is 20.9. The minimum Gasteiger partial charge on any atom is -0.462 e. The highest BCUT2D eigenvalue weighted by molar-refractivity contribution is 5.69. The highest BCUT2D eigenvalue weighted by Crippen LogP contribution is 2.67. The molecule has 0 amide bonds. The van der Waals surface area contributed by atoms with Crippen molar-refractivity contribution in [2.75, 3.05) is 0 Å². The molecule has 0 aliphatic heterocycles. The smallest absolute Gasteiger partial charge is 0.306 e. The van der Waals surface area contributed by atoms with E-state index >= 15 is 0 Å². The van der Waals surface area contributed by atoms with E-state index in [1.165, 1.54) is 109 Å². The lowest BCUT2D eigenvalue weighted by atomic mass is 9.47. The molecule has 0 radical (unpaired) electrons. The summed E-state index contributed by atoms with van der Waals surface area (Å²) >= 11 is 0. The third-order valence-electron chi connectivity index (χ3n) is 13.9. The van der Waals surface area contributed by atoms with Crippen LogP contribution in [-0.2, 0) is 9.53 Å². The van der Waals surface area contributed by atoms with E-state index in [1.807, 2.05) is 0 Å². The van der Waals surface area contributed by atoms with Gasteiger partial charge in [-0.3, -0.25) is 4.79 Å². The molecule has 3 saturated carbocycles. The Kier molecular flexibility index (Phi) is 15.7. The molecule has 0 N–H and O–H groups in total. The Hall–Kier alpha value is -1.31. The molecule has 1 unspecified atom stereocenters. The van der Waals surface area contributed by atoms with Crippen LogP contribution >= 0.6 is 0 Å². The van der Waals surface area contributed by atoms with E-state index in [4.69, 9.17) is 4.74 Å². The number of rotatable bonds is 20. The van der Waals surface area contributed by atoms with Crippen molar-refractivity contribution in [1.82, 2.24) is 0 Å². The summed E-state index contributed by atoms with van der Waals surface area (Å²) in [6.07, 6.45) is 40.5. The molecule has 0 spiro atoms. The van der Waals surface area contributed by atoms with Crippen molar-refractivity contribution in [2.24, 2.45) is 46.3 Å². The maximum atomic E-state index is 12.8. The van der Waals surface area contributed by atoms with E-state index in [-0.39, 0.29) is 12.1 Å². The van der Waals surface area contributed by atoms with Gasteiger partial charge in [0.05, 0.1) is 0 Å².